The summed E-state index contributed by atoms with van der Waals surface area (Å²) in [7, 11) is 0. The minimum Gasteiger partial charge on any atom is -0.0649 e. The van der Waals surface area contributed by atoms with E-state index >= 15 is 0 Å². The summed E-state index contributed by atoms with van der Waals surface area (Å²) in [5.41, 5.74) is 0.722. The van der Waals surface area contributed by atoms with Crippen molar-refractivity contribution in [2.45, 2.75) is 32.6 Å². The van der Waals surface area contributed by atoms with Crippen LogP contribution in [0.15, 0.2) is 0 Å². The zero-order chi connectivity index (χ0) is 5.33. The maximum Gasteiger partial charge on any atom is -0.0300 e. The molecule has 0 nitrogen and oxygen atoms in total. The highest BCUT2D eigenvalue weighted by atomic mass is 14.4. The van der Waals surface area contributed by atoms with Gasteiger partial charge in [-0.05, 0) is 24.7 Å². The molecule has 0 aromatic carbocycles. The average molecular weight is 97.2 g/mol. The molecular formula is C7H13. The van der Waals surface area contributed by atoms with Crippen LogP contribution in [0.3, 0.4) is 0 Å². The third kappa shape index (κ3) is 0.793. The first-order valence-corrected chi connectivity index (χ1v) is 3.12. The van der Waals surface area contributed by atoms with Crippen LogP contribution in [0.4, 0.5) is 0 Å². The van der Waals surface area contributed by atoms with E-state index in [9.17, 15) is 0 Å². The fourth-order valence-electron chi connectivity index (χ4n) is 0.957. The highest BCUT2D eigenvalue weighted by Crippen LogP contribution is 2.51. The van der Waals surface area contributed by atoms with Gasteiger partial charge in [-0.15, -0.1) is 0 Å². The van der Waals surface area contributed by atoms with Crippen LogP contribution in [0.5, 0.6) is 0 Å². The Hall–Kier alpha value is 0. The SMILES string of the molecule is [CH2]CC1(CC)CC1. The largest absolute Gasteiger partial charge is 0.0649 e. The number of rotatable bonds is 2. The van der Waals surface area contributed by atoms with E-state index in [-0.39, 0.29) is 0 Å². The van der Waals surface area contributed by atoms with Crippen molar-refractivity contribution in [3.05, 3.63) is 6.92 Å². The molecular weight excluding hydrogens is 84.1 g/mol. The fraction of sp³-hybridized carbons (Fsp3) is 0.857. The highest BCUT2D eigenvalue weighted by Gasteiger charge is 2.38. The molecule has 0 aromatic heterocycles. The normalized spacial score (nSPS) is 24.9. The Balaban J connectivity index is 2.28. The molecule has 0 amide bonds. The molecule has 1 aliphatic carbocycles. The molecule has 1 rings (SSSR count). The van der Waals surface area contributed by atoms with Crippen LogP contribution in [-0.2, 0) is 0 Å². The maximum absolute atomic E-state index is 3.89. The summed E-state index contributed by atoms with van der Waals surface area (Å²) in [6.07, 6.45) is 5.38. The lowest BCUT2D eigenvalue weighted by atomic mass is 10.0. The Morgan fingerprint density at radius 1 is 1.57 bits per heavy atom. The molecule has 0 atom stereocenters. The zero-order valence-corrected chi connectivity index (χ0v) is 5.04. The van der Waals surface area contributed by atoms with E-state index in [2.05, 4.69) is 13.8 Å². The molecule has 41 valence electrons. The summed E-state index contributed by atoms with van der Waals surface area (Å²) in [4.78, 5) is 0. The van der Waals surface area contributed by atoms with Gasteiger partial charge in [-0.2, -0.15) is 0 Å². The van der Waals surface area contributed by atoms with Crippen LogP contribution >= 0.6 is 0 Å². The second-order valence-electron chi connectivity index (χ2n) is 2.60. The molecule has 0 heterocycles. The molecule has 1 fully saturated rings. The van der Waals surface area contributed by atoms with Crippen molar-refractivity contribution in [2.75, 3.05) is 0 Å². The van der Waals surface area contributed by atoms with Gasteiger partial charge < -0.3 is 0 Å². The first-order chi connectivity index (χ1) is 3.33. The van der Waals surface area contributed by atoms with E-state index < -0.39 is 0 Å². The van der Waals surface area contributed by atoms with Crippen LogP contribution in [-0.4, -0.2) is 0 Å². The fourth-order valence-corrected chi connectivity index (χ4v) is 0.957. The van der Waals surface area contributed by atoms with E-state index in [0.29, 0.717) is 0 Å². The van der Waals surface area contributed by atoms with Gasteiger partial charge in [0.1, 0.15) is 0 Å². The molecule has 1 saturated carbocycles. The van der Waals surface area contributed by atoms with Crippen LogP contribution in [0, 0.1) is 12.3 Å². The highest BCUT2D eigenvalue weighted by molar-refractivity contribution is 4.91. The predicted octanol–water partition coefficient (Wildman–Crippen LogP) is 2.40. The van der Waals surface area contributed by atoms with Gasteiger partial charge in [0.25, 0.3) is 0 Å². The third-order valence-electron chi connectivity index (χ3n) is 2.24. The maximum atomic E-state index is 3.89. The summed E-state index contributed by atoms with van der Waals surface area (Å²) in [5, 5.41) is 0. The molecule has 1 radical (unpaired) electrons. The molecule has 0 bridgehead atoms. The quantitative estimate of drug-likeness (QED) is 0.496. The number of hydrogen-bond acceptors (Lipinski definition) is 0. The van der Waals surface area contributed by atoms with Crippen LogP contribution < -0.4 is 0 Å². The van der Waals surface area contributed by atoms with Gasteiger partial charge in [-0.1, -0.05) is 20.3 Å². The van der Waals surface area contributed by atoms with E-state index in [0.717, 1.165) is 11.8 Å². The standard InChI is InChI=1S/C7H13/c1-3-7(4-2)5-6-7/h1,3-6H2,2H3. The Kier molecular flexibility index (Phi) is 1.10. The van der Waals surface area contributed by atoms with Gasteiger partial charge >= 0.3 is 0 Å². The van der Waals surface area contributed by atoms with E-state index in [1.54, 1.807) is 0 Å². The lowest BCUT2D eigenvalue weighted by Crippen LogP contribution is -1.92. The lowest BCUT2D eigenvalue weighted by molar-refractivity contribution is 0.497. The van der Waals surface area contributed by atoms with Crippen LogP contribution in [0.2, 0.25) is 0 Å². The van der Waals surface area contributed by atoms with Crippen molar-refractivity contribution in [3.63, 3.8) is 0 Å². The summed E-state index contributed by atoms with van der Waals surface area (Å²) in [5.74, 6) is 0. The summed E-state index contributed by atoms with van der Waals surface area (Å²) < 4.78 is 0. The average Bonchev–Trinajstić information content (AvgIpc) is 2.46. The Bertz CT molecular complexity index is 54.4. The van der Waals surface area contributed by atoms with Gasteiger partial charge in [-0.3, -0.25) is 0 Å². The summed E-state index contributed by atoms with van der Waals surface area (Å²) in [6.45, 7) is 6.15. The number of hydrogen-bond donors (Lipinski definition) is 0. The Labute approximate surface area is 45.9 Å². The molecule has 0 aromatic rings. The first kappa shape index (κ1) is 5.14. The zero-order valence-electron chi connectivity index (χ0n) is 5.04. The predicted molar refractivity (Wildman–Crippen MR) is 31.9 cm³/mol. The Morgan fingerprint density at radius 2 is 2.14 bits per heavy atom. The van der Waals surface area contributed by atoms with Gasteiger partial charge in [0.15, 0.2) is 0 Å². The Morgan fingerprint density at radius 3 is 2.14 bits per heavy atom. The monoisotopic (exact) mass is 97.1 g/mol. The van der Waals surface area contributed by atoms with Crippen molar-refractivity contribution >= 4 is 0 Å². The summed E-state index contributed by atoms with van der Waals surface area (Å²) in [6, 6.07) is 0. The summed E-state index contributed by atoms with van der Waals surface area (Å²) >= 11 is 0. The van der Waals surface area contributed by atoms with Crippen molar-refractivity contribution in [3.8, 4) is 0 Å². The van der Waals surface area contributed by atoms with Crippen molar-refractivity contribution in [1.82, 2.24) is 0 Å². The molecule has 1 aliphatic rings. The molecule has 0 spiro atoms. The van der Waals surface area contributed by atoms with Crippen molar-refractivity contribution in [2.24, 2.45) is 5.41 Å². The van der Waals surface area contributed by atoms with Crippen molar-refractivity contribution in [1.29, 1.82) is 0 Å². The topological polar surface area (TPSA) is 0 Å². The second kappa shape index (κ2) is 1.50. The second-order valence-corrected chi connectivity index (χ2v) is 2.60. The molecule has 0 saturated heterocycles. The van der Waals surface area contributed by atoms with Crippen LogP contribution in [0.25, 0.3) is 0 Å². The lowest BCUT2D eigenvalue weighted by Gasteiger charge is -2.04. The minimum atomic E-state index is 0.722. The van der Waals surface area contributed by atoms with Crippen LogP contribution in [0.1, 0.15) is 32.6 Å². The van der Waals surface area contributed by atoms with Crippen molar-refractivity contribution < 1.29 is 0 Å². The smallest absolute Gasteiger partial charge is 0.0300 e. The minimum absolute atomic E-state index is 0.722. The molecule has 0 heteroatoms. The van der Waals surface area contributed by atoms with E-state index in [4.69, 9.17) is 0 Å². The van der Waals surface area contributed by atoms with Gasteiger partial charge in [0, 0.05) is 0 Å². The molecule has 0 N–H and O–H groups in total. The third-order valence-corrected chi connectivity index (χ3v) is 2.24. The molecule has 0 unspecified atom stereocenters. The first-order valence-electron chi connectivity index (χ1n) is 3.12. The van der Waals surface area contributed by atoms with E-state index in [1.165, 1.54) is 19.3 Å². The van der Waals surface area contributed by atoms with Gasteiger partial charge in [0.05, 0.1) is 0 Å². The van der Waals surface area contributed by atoms with E-state index in [1.807, 2.05) is 0 Å². The van der Waals surface area contributed by atoms with Gasteiger partial charge in [-0.25, -0.2) is 0 Å². The molecule has 0 aliphatic heterocycles. The molecule has 7 heavy (non-hydrogen) atoms. The van der Waals surface area contributed by atoms with Gasteiger partial charge in [0.2, 0.25) is 0 Å².